The van der Waals surface area contributed by atoms with Crippen molar-refractivity contribution in [1.82, 2.24) is 5.32 Å². The van der Waals surface area contributed by atoms with Crippen molar-refractivity contribution in [2.45, 2.75) is 25.9 Å². The Morgan fingerprint density at radius 2 is 2.13 bits per heavy atom. The van der Waals surface area contributed by atoms with E-state index in [4.69, 9.17) is 6.42 Å². The summed E-state index contributed by atoms with van der Waals surface area (Å²) in [5.74, 6) is 0.908. The number of hydrogen-bond donors (Lipinski definition) is 1. The lowest BCUT2D eigenvalue weighted by Crippen LogP contribution is -2.26. The fraction of sp³-hybridized carbons (Fsp3) is 0.333. The number of halogens is 2. The summed E-state index contributed by atoms with van der Waals surface area (Å²) >= 11 is 0. The normalized spacial score (nSPS) is 12.1. The number of rotatable bonds is 4. The van der Waals surface area contributed by atoms with E-state index in [0.29, 0.717) is 12.1 Å². The fourth-order valence-electron chi connectivity index (χ4n) is 1.21. The van der Waals surface area contributed by atoms with Crippen LogP contribution < -0.4 is 5.32 Å². The zero-order valence-electron chi connectivity index (χ0n) is 8.56. The summed E-state index contributed by atoms with van der Waals surface area (Å²) in [6.07, 6.45) is 6.06. The molecule has 1 aromatic rings. The molecule has 1 N–H and O–H groups in total. The van der Waals surface area contributed by atoms with E-state index in [1.165, 1.54) is 12.1 Å². The first-order valence-electron chi connectivity index (χ1n) is 4.80. The lowest BCUT2D eigenvalue weighted by atomic mass is 10.2. The molecule has 0 saturated heterocycles. The molecular weight excluding hydrogens is 196 g/mol. The van der Waals surface area contributed by atoms with Crippen LogP contribution in [0, 0.1) is 24.0 Å². The van der Waals surface area contributed by atoms with Crippen molar-refractivity contribution in [2.24, 2.45) is 0 Å². The molecule has 1 atom stereocenters. The maximum atomic E-state index is 12.8. The molecule has 0 saturated carbocycles. The van der Waals surface area contributed by atoms with E-state index < -0.39 is 11.6 Å². The summed E-state index contributed by atoms with van der Waals surface area (Å²) in [5, 5.41) is 3.06. The van der Waals surface area contributed by atoms with E-state index in [9.17, 15) is 8.78 Å². The monoisotopic (exact) mass is 209 g/mol. The van der Waals surface area contributed by atoms with Gasteiger partial charge in [0, 0.05) is 6.54 Å². The predicted molar refractivity (Wildman–Crippen MR) is 56.1 cm³/mol. The summed E-state index contributed by atoms with van der Waals surface area (Å²) < 4.78 is 25.4. The third-order valence-electron chi connectivity index (χ3n) is 2.15. The van der Waals surface area contributed by atoms with Crippen LogP contribution in [0.25, 0.3) is 0 Å². The minimum Gasteiger partial charge on any atom is -0.300 e. The van der Waals surface area contributed by atoms with Gasteiger partial charge in [0.05, 0.1) is 6.04 Å². The summed E-state index contributed by atoms with van der Waals surface area (Å²) in [4.78, 5) is 0. The summed E-state index contributed by atoms with van der Waals surface area (Å²) in [5.41, 5.74) is 0.683. The van der Waals surface area contributed by atoms with Gasteiger partial charge in [-0.3, -0.25) is 5.32 Å². The number of benzene rings is 1. The van der Waals surface area contributed by atoms with Gasteiger partial charge in [0.15, 0.2) is 11.6 Å². The maximum Gasteiger partial charge on any atom is 0.159 e. The second-order valence-electron chi connectivity index (χ2n) is 3.26. The highest BCUT2D eigenvalue weighted by Crippen LogP contribution is 2.08. The van der Waals surface area contributed by atoms with Gasteiger partial charge >= 0.3 is 0 Å². The molecule has 1 aromatic carbocycles. The van der Waals surface area contributed by atoms with Crippen LogP contribution in [0.1, 0.15) is 18.9 Å². The zero-order chi connectivity index (χ0) is 11.3. The minimum atomic E-state index is -0.831. The molecule has 1 nitrogen and oxygen atoms in total. The molecule has 0 radical (unpaired) electrons. The number of nitrogens with one attached hydrogen (secondary N) is 1. The summed E-state index contributed by atoms with van der Waals surface area (Å²) in [6, 6.07) is 3.79. The van der Waals surface area contributed by atoms with Crippen molar-refractivity contribution in [3.8, 4) is 12.3 Å². The Balaban J connectivity index is 2.59. The minimum absolute atomic E-state index is 0.0295. The van der Waals surface area contributed by atoms with Crippen LogP contribution in [-0.4, -0.2) is 6.04 Å². The molecule has 0 amide bonds. The Morgan fingerprint density at radius 3 is 2.67 bits per heavy atom. The quantitative estimate of drug-likeness (QED) is 0.751. The molecular formula is C12H13F2N. The Morgan fingerprint density at radius 1 is 1.40 bits per heavy atom. The van der Waals surface area contributed by atoms with Gasteiger partial charge in [0.1, 0.15) is 0 Å². The largest absolute Gasteiger partial charge is 0.300 e. The van der Waals surface area contributed by atoms with Gasteiger partial charge in [-0.2, -0.15) is 0 Å². The Kier molecular flexibility index (Phi) is 4.26. The van der Waals surface area contributed by atoms with E-state index in [1.54, 1.807) is 0 Å². The smallest absolute Gasteiger partial charge is 0.159 e. The van der Waals surface area contributed by atoms with Crippen LogP contribution in [0.2, 0.25) is 0 Å². The van der Waals surface area contributed by atoms with Gasteiger partial charge in [0.25, 0.3) is 0 Å². The van der Waals surface area contributed by atoms with Crippen LogP contribution >= 0.6 is 0 Å². The first-order chi connectivity index (χ1) is 7.17. The molecule has 0 fully saturated rings. The molecule has 0 aliphatic carbocycles. The van der Waals surface area contributed by atoms with Gasteiger partial charge < -0.3 is 0 Å². The van der Waals surface area contributed by atoms with E-state index in [0.717, 1.165) is 12.5 Å². The molecule has 0 bridgehead atoms. The molecule has 15 heavy (non-hydrogen) atoms. The van der Waals surface area contributed by atoms with E-state index in [-0.39, 0.29) is 6.04 Å². The summed E-state index contributed by atoms with van der Waals surface area (Å²) in [7, 11) is 0. The van der Waals surface area contributed by atoms with Gasteiger partial charge in [0.2, 0.25) is 0 Å². The van der Waals surface area contributed by atoms with Crippen molar-refractivity contribution in [2.75, 3.05) is 0 Å². The van der Waals surface area contributed by atoms with Crippen LogP contribution in [0.15, 0.2) is 18.2 Å². The topological polar surface area (TPSA) is 12.0 Å². The van der Waals surface area contributed by atoms with Crippen LogP contribution in [-0.2, 0) is 6.54 Å². The standard InChI is InChI=1S/C12H13F2N/c1-3-10(4-2)15-8-9-5-6-11(13)12(14)7-9/h1,5-7,10,15H,4,8H2,2H3. The number of hydrogen-bond acceptors (Lipinski definition) is 1. The highest BCUT2D eigenvalue weighted by Gasteiger charge is 2.04. The Labute approximate surface area is 88.5 Å². The maximum absolute atomic E-state index is 12.8. The second-order valence-corrected chi connectivity index (χ2v) is 3.26. The average molecular weight is 209 g/mol. The lowest BCUT2D eigenvalue weighted by molar-refractivity contribution is 0.504. The molecule has 1 unspecified atom stereocenters. The molecule has 3 heteroatoms. The summed E-state index contributed by atoms with van der Waals surface area (Å²) in [6.45, 7) is 2.41. The molecule has 0 aliphatic heterocycles. The van der Waals surface area contributed by atoms with Crippen molar-refractivity contribution < 1.29 is 8.78 Å². The van der Waals surface area contributed by atoms with Gasteiger partial charge in [-0.25, -0.2) is 8.78 Å². The third kappa shape index (κ3) is 3.34. The molecule has 0 aliphatic rings. The van der Waals surface area contributed by atoms with Crippen molar-refractivity contribution >= 4 is 0 Å². The predicted octanol–water partition coefficient (Wildman–Crippen LogP) is 2.47. The van der Waals surface area contributed by atoms with Crippen molar-refractivity contribution in [1.29, 1.82) is 0 Å². The molecule has 1 rings (SSSR count). The van der Waals surface area contributed by atoms with E-state index in [2.05, 4.69) is 11.2 Å². The van der Waals surface area contributed by atoms with Crippen molar-refractivity contribution in [3.63, 3.8) is 0 Å². The van der Waals surface area contributed by atoms with Crippen molar-refractivity contribution in [3.05, 3.63) is 35.4 Å². The van der Waals surface area contributed by atoms with E-state index >= 15 is 0 Å². The van der Waals surface area contributed by atoms with Crippen LogP contribution in [0.3, 0.4) is 0 Å². The second kappa shape index (κ2) is 5.47. The fourth-order valence-corrected chi connectivity index (χ4v) is 1.21. The SMILES string of the molecule is C#CC(CC)NCc1ccc(F)c(F)c1. The van der Waals surface area contributed by atoms with E-state index in [1.807, 2.05) is 6.92 Å². The Hall–Kier alpha value is -1.40. The molecule has 0 spiro atoms. The van der Waals surface area contributed by atoms with Crippen LogP contribution in [0.4, 0.5) is 8.78 Å². The average Bonchev–Trinajstić information content (AvgIpc) is 2.24. The number of terminal acetylenes is 1. The molecule has 0 heterocycles. The first-order valence-corrected chi connectivity index (χ1v) is 4.80. The lowest BCUT2D eigenvalue weighted by Gasteiger charge is -2.10. The molecule has 80 valence electrons. The first kappa shape index (κ1) is 11.7. The highest BCUT2D eigenvalue weighted by molar-refractivity contribution is 5.18. The van der Waals surface area contributed by atoms with Gasteiger partial charge in [-0.15, -0.1) is 6.42 Å². The van der Waals surface area contributed by atoms with Gasteiger partial charge in [-0.1, -0.05) is 18.9 Å². The highest BCUT2D eigenvalue weighted by atomic mass is 19.2. The molecule has 0 aromatic heterocycles. The zero-order valence-corrected chi connectivity index (χ0v) is 8.56. The third-order valence-corrected chi connectivity index (χ3v) is 2.15. The Bertz CT molecular complexity index is 368. The van der Waals surface area contributed by atoms with Gasteiger partial charge in [-0.05, 0) is 24.1 Å². The van der Waals surface area contributed by atoms with Crippen LogP contribution in [0.5, 0.6) is 0 Å².